The SMILES string of the molecule is Cc1nc(C)c(C(=O)N2CCCC(C3OCCO3)C2)s1. The summed E-state index contributed by atoms with van der Waals surface area (Å²) in [6, 6.07) is 0. The summed E-state index contributed by atoms with van der Waals surface area (Å²) in [5.74, 6) is 0.403. The number of carbonyl (C=O) groups is 1. The summed E-state index contributed by atoms with van der Waals surface area (Å²) < 4.78 is 11.2. The molecule has 1 unspecified atom stereocenters. The molecule has 0 aliphatic carbocycles. The number of hydrogen-bond acceptors (Lipinski definition) is 5. The number of ether oxygens (including phenoxy) is 2. The standard InChI is InChI=1S/C14H20N2O3S/c1-9-12(20-10(2)15-9)13(17)16-5-3-4-11(8-16)14-18-6-7-19-14/h11,14H,3-8H2,1-2H3. The number of thiazole rings is 1. The van der Waals surface area contributed by atoms with Gasteiger partial charge in [-0.25, -0.2) is 4.98 Å². The van der Waals surface area contributed by atoms with Crippen LogP contribution in [-0.4, -0.2) is 48.4 Å². The number of piperidine rings is 1. The van der Waals surface area contributed by atoms with Crippen LogP contribution in [0.1, 0.15) is 33.2 Å². The minimum atomic E-state index is -0.130. The van der Waals surface area contributed by atoms with Crippen LogP contribution in [0.15, 0.2) is 0 Å². The smallest absolute Gasteiger partial charge is 0.265 e. The first-order valence-corrected chi connectivity index (χ1v) is 7.93. The Bertz CT molecular complexity index is 497. The molecule has 0 radical (unpaired) electrons. The van der Waals surface area contributed by atoms with Crippen LogP contribution < -0.4 is 0 Å². The molecule has 5 nitrogen and oxygen atoms in total. The van der Waals surface area contributed by atoms with Crippen molar-refractivity contribution in [2.24, 2.45) is 5.92 Å². The zero-order chi connectivity index (χ0) is 14.1. The zero-order valence-corrected chi connectivity index (χ0v) is 12.7. The Labute approximate surface area is 122 Å². The number of aromatic nitrogens is 1. The van der Waals surface area contributed by atoms with Gasteiger partial charge < -0.3 is 14.4 Å². The van der Waals surface area contributed by atoms with Crippen LogP contribution in [0.5, 0.6) is 0 Å². The zero-order valence-electron chi connectivity index (χ0n) is 11.9. The number of amides is 1. The van der Waals surface area contributed by atoms with Gasteiger partial charge in [0.2, 0.25) is 0 Å². The van der Waals surface area contributed by atoms with E-state index in [1.807, 2.05) is 18.7 Å². The Morgan fingerprint density at radius 1 is 1.35 bits per heavy atom. The molecule has 2 fully saturated rings. The van der Waals surface area contributed by atoms with E-state index < -0.39 is 0 Å². The van der Waals surface area contributed by atoms with E-state index in [0.717, 1.165) is 41.5 Å². The third-order valence-electron chi connectivity index (χ3n) is 3.88. The Balaban J connectivity index is 1.70. The highest BCUT2D eigenvalue weighted by atomic mass is 32.1. The summed E-state index contributed by atoms with van der Waals surface area (Å²) in [6.45, 7) is 6.72. The Kier molecular flexibility index (Phi) is 4.05. The highest BCUT2D eigenvalue weighted by molar-refractivity contribution is 7.13. The van der Waals surface area contributed by atoms with Crippen molar-refractivity contribution in [2.75, 3.05) is 26.3 Å². The molecule has 2 aliphatic heterocycles. The lowest BCUT2D eigenvalue weighted by Crippen LogP contribution is -2.43. The first-order chi connectivity index (χ1) is 9.65. The van der Waals surface area contributed by atoms with Crippen molar-refractivity contribution < 1.29 is 14.3 Å². The van der Waals surface area contributed by atoms with Crippen LogP contribution in [0.3, 0.4) is 0 Å². The summed E-state index contributed by atoms with van der Waals surface area (Å²) >= 11 is 1.48. The van der Waals surface area contributed by atoms with Gasteiger partial charge in [0.15, 0.2) is 6.29 Å². The molecule has 20 heavy (non-hydrogen) atoms. The largest absolute Gasteiger partial charge is 0.350 e. The highest BCUT2D eigenvalue weighted by Crippen LogP contribution is 2.27. The van der Waals surface area contributed by atoms with Crippen molar-refractivity contribution in [1.82, 2.24) is 9.88 Å². The first kappa shape index (κ1) is 14.0. The maximum Gasteiger partial charge on any atom is 0.265 e. The molecule has 0 N–H and O–H groups in total. The van der Waals surface area contributed by atoms with Crippen LogP contribution in [-0.2, 0) is 9.47 Å². The van der Waals surface area contributed by atoms with Crippen LogP contribution in [0.25, 0.3) is 0 Å². The minimum absolute atomic E-state index is 0.107. The van der Waals surface area contributed by atoms with Gasteiger partial charge in [-0.1, -0.05) is 0 Å². The maximum absolute atomic E-state index is 12.6. The number of rotatable bonds is 2. The van der Waals surface area contributed by atoms with Gasteiger partial charge in [0.25, 0.3) is 5.91 Å². The van der Waals surface area contributed by atoms with Crippen molar-refractivity contribution in [3.63, 3.8) is 0 Å². The molecule has 6 heteroatoms. The van der Waals surface area contributed by atoms with E-state index in [0.29, 0.717) is 19.1 Å². The first-order valence-electron chi connectivity index (χ1n) is 7.11. The molecule has 0 bridgehead atoms. The fraction of sp³-hybridized carbons (Fsp3) is 0.714. The van der Waals surface area contributed by atoms with Gasteiger partial charge in [0, 0.05) is 19.0 Å². The average molecular weight is 296 g/mol. The lowest BCUT2D eigenvalue weighted by molar-refractivity contribution is -0.0969. The highest BCUT2D eigenvalue weighted by Gasteiger charge is 2.33. The van der Waals surface area contributed by atoms with Crippen molar-refractivity contribution in [1.29, 1.82) is 0 Å². The number of carbonyl (C=O) groups excluding carboxylic acids is 1. The molecular formula is C14H20N2O3S. The normalized spacial score (nSPS) is 24.3. The van der Waals surface area contributed by atoms with E-state index in [2.05, 4.69) is 4.98 Å². The van der Waals surface area contributed by atoms with Crippen LogP contribution >= 0.6 is 11.3 Å². The third kappa shape index (κ3) is 2.73. The molecule has 1 amide bonds. The summed E-state index contributed by atoms with van der Waals surface area (Å²) in [5, 5.41) is 0.946. The second kappa shape index (κ2) is 5.79. The quantitative estimate of drug-likeness (QED) is 0.837. The van der Waals surface area contributed by atoms with Gasteiger partial charge in [0.1, 0.15) is 4.88 Å². The van der Waals surface area contributed by atoms with E-state index >= 15 is 0 Å². The van der Waals surface area contributed by atoms with Gasteiger partial charge in [-0.3, -0.25) is 4.79 Å². The molecule has 3 rings (SSSR count). The Morgan fingerprint density at radius 3 is 2.75 bits per heavy atom. The van der Waals surface area contributed by atoms with Crippen molar-refractivity contribution in [2.45, 2.75) is 33.0 Å². The van der Waals surface area contributed by atoms with E-state index in [4.69, 9.17) is 9.47 Å². The van der Waals surface area contributed by atoms with E-state index in [9.17, 15) is 4.79 Å². The third-order valence-corrected chi connectivity index (χ3v) is 4.94. The topological polar surface area (TPSA) is 51.7 Å². The average Bonchev–Trinajstić information content (AvgIpc) is 3.08. The number of likely N-dealkylation sites (tertiary alicyclic amines) is 1. The molecule has 3 heterocycles. The van der Waals surface area contributed by atoms with E-state index in [1.54, 1.807) is 0 Å². The maximum atomic E-state index is 12.6. The molecule has 1 atom stereocenters. The molecule has 2 aliphatic rings. The van der Waals surface area contributed by atoms with Gasteiger partial charge in [-0.2, -0.15) is 0 Å². The molecule has 0 saturated carbocycles. The van der Waals surface area contributed by atoms with Crippen LogP contribution in [0, 0.1) is 19.8 Å². The number of aryl methyl sites for hydroxylation is 2. The Hall–Kier alpha value is -0.980. The van der Waals surface area contributed by atoms with Gasteiger partial charge in [-0.05, 0) is 26.7 Å². The van der Waals surface area contributed by atoms with Gasteiger partial charge in [0.05, 0.1) is 23.9 Å². The fourth-order valence-electron chi connectivity index (χ4n) is 2.94. The van der Waals surface area contributed by atoms with Gasteiger partial charge in [-0.15, -0.1) is 11.3 Å². The van der Waals surface area contributed by atoms with Gasteiger partial charge >= 0.3 is 0 Å². The number of hydrogen-bond donors (Lipinski definition) is 0. The second-order valence-electron chi connectivity index (χ2n) is 5.41. The summed E-state index contributed by atoms with van der Waals surface area (Å²) in [6.07, 6.45) is 1.95. The van der Waals surface area contributed by atoms with E-state index in [-0.39, 0.29) is 12.2 Å². The van der Waals surface area contributed by atoms with Crippen LogP contribution in [0.4, 0.5) is 0 Å². The Morgan fingerprint density at radius 2 is 2.10 bits per heavy atom. The summed E-state index contributed by atoms with van der Waals surface area (Å²) in [5.41, 5.74) is 0.841. The summed E-state index contributed by atoms with van der Waals surface area (Å²) in [4.78, 5) is 19.7. The van der Waals surface area contributed by atoms with Crippen molar-refractivity contribution in [3.05, 3.63) is 15.6 Å². The molecule has 1 aromatic heterocycles. The van der Waals surface area contributed by atoms with Crippen molar-refractivity contribution >= 4 is 17.2 Å². The fourth-order valence-corrected chi connectivity index (χ4v) is 3.83. The minimum Gasteiger partial charge on any atom is -0.350 e. The molecule has 0 spiro atoms. The summed E-state index contributed by atoms with van der Waals surface area (Å²) in [7, 11) is 0. The van der Waals surface area contributed by atoms with Crippen molar-refractivity contribution in [3.8, 4) is 0 Å². The lowest BCUT2D eigenvalue weighted by Gasteiger charge is -2.34. The lowest BCUT2D eigenvalue weighted by atomic mass is 9.97. The van der Waals surface area contributed by atoms with E-state index in [1.165, 1.54) is 11.3 Å². The molecule has 1 aromatic rings. The predicted octanol–water partition coefficient (Wildman–Crippen LogP) is 1.99. The molecule has 2 saturated heterocycles. The van der Waals surface area contributed by atoms with Crippen LogP contribution in [0.2, 0.25) is 0 Å². The predicted molar refractivity (Wildman–Crippen MR) is 75.9 cm³/mol. The number of nitrogens with zero attached hydrogens (tertiary/aromatic N) is 2. The molecule has 0 aromatic carbocycles. The second-order valence-corrected chi connectivity index (χ2v) is 6.61. The molecular weight excluding hydrogens is 276 g/mol. The monoisotopic (exact) mass is 296 g/mol. The molecule has 110 valence electrons.